The summed E-state index contributed by atoms with van der Waals surface area (Å²) < 4.78 is 12.2. The molecule has 0 aromatic heterocycles. The van der Waals surface area contributed by atoms with Gasteiger partial charge in [0.05, 0.1) is 81.6 Å². The minimum Gasteiger partial charge on any atom is -0.822 e. The van der Waals surface area contributed by atoms with Gasteiger partial charge in [-0.1, -0.05) is 80.1 Å². The van der Waals surface area contributed by atoms with Crippen LogP contribution in [-0.4, -0.2) is 95.0 Å². The van der Waals surface area contributed by atoms with E-state index in [-0.39, 0.29) is 0 Å². The van der Waals surface area contributed by atoms with Crippen LogP contribution in [0.1, 0.15) is 119 Å². The van der Waals surface area contributed by atoms with Crippen LogP contribution in [0.5, 0.6) is 0 Å². The minimum absolute atomic E-state index is 1.21. The number of nitrogens with zero attached hydrogens (tertiary/aromatic N) is 3. The summed E-state index contributed by atoms with van der Waals surface area (Å²) in [5.41, 5.74) is 0. The van der Waals surface area contributed by atoms with E-state index in [2.05, 4.69) is 83.8 Å². The van der Waals surface area contributed by atoms with Crippen molar-refractivity contribution in [3.05, 3.63) is 0 Å². The molecule has 0 bridgehead atoms. The van der Waals surface area contributed by atoms with Crippen LogP contribution in [0, 0.1) is 0 Å². The second-order valence-electron chi connectivity index (χ2n) is 12.7. The standard InChI is InChI=1S/3C10H24N.H3O4P/c3*1-5-7-9-11(3,4)10-8-6-2;1-5(2,3)4/h3*5-10H2,1-4H3;(H3,1,2,3,4)/q3*+1;/p-3. The van der Waals surface area contributed by atoms with Gasteiger partial charge in [0.1, 0.15) is 0 Å². The van der Waals surface area contributed by atoms with E-state index in [9.17, 15) is 0 Å². The molecule has 0 aromatic carbocycles. The number of rotatable bonds is 18. The Balaban J connectivity index is -0.000000209. The Morgan fingerprint density at radius 1 is 0.395 bits per heavy atom. The van der Waals surface area contributed by atoms with Gasteiger partial charge in [0.15, 0.2) is 0 Å². The molecule has 0 aromatic rings. The second-order valence-corrected chi connectivity index (χ2v) is 13.6. The number of quaternary nitrogens is 3. The normalized spacial score (nSPS) is 12.0. The van der Waals surface area contributed by atoms with Gasteiger partial charge in [0, 0.05) is 0 Å². The topological polar surface area (TPSA) is 86.2 Å². The van der Waals surface area contributed by atoms with Crippen LogP contribution in [0.15, 0.2) is 0 Å². The third kappa shape index (κ3) is 49.0. The third-order valence-corrected chi connectivity index (χ3v) is 6.70. The van der Waals surface area contributed by atoms with Crippen molar-refractivity contribution in [1.29, 1.82) is 0 Å². The fraction of sp³-hybridized carbons (Fsp3) is 1.00. The smallest absolute Gasteiger partial charge is 0.0782 e. The maximum Gasteiger partial charge on any atom is 0.0782 e. The molecule has 0 aliphatic carbocycles. The molecule has 0 atom stereocenters. The Bertz CT molecular complexity index is 428. The fourth-order valence-electron chi connectivity index (χ4n) is 3.85. The Morgan fingerprint density at radius 2 is 0.500 bits per heavy atom. The van der Waals surface area contributed by atoms with Crippen molar-refractivity contribution in [2.45, 2.75) is 119 Å². The number of phosphoric acid groups is 1. The quantitative estimate of drug-likeness (QED) is 0.168. The molecule has 0 saturated heterocycles. The highest BCUT2D eigenvalue weighted by Crippen LogP contribution is 2.06. The molecule has 0 N–H and O–H groups in total. The molecule has 0 rings (SSSR count). The summed E-state index contributed by atoms with van der Waals surface area (Å²) in [4.78, 5) is 25.6. The largest absolute Gasteiger partial charge is 0.822 e. The van der Waals surface area contributed by atoms with Crippen LogP contribution >= 0.6 is 7.82 Å². The summed E-state index contributed by atoms with van der Waals surface area (Å²) in [5.74, 6) is 0. The van der Waals surface area contributed by atoms with E-state index in [1.165, 1.54) is 130 Å². The molecule has 0 amide bonds. The van der Waals surface area contributed by atoms with Crippen LogP contribution in [0.2, 0.25) is 0 Å². The first kappa shape index (κ1) is 45.0. The van der Waals surface area contributed by atoms with Crippen molar-refractivity contribution < 1.29 is 32.7 Å². The monoisotopic (exact) mass is 570 g/mol. The molecule has 0 spiro atoms. The zero-order chi connectivity index (χ0) is 30.7. The highest BCUT2D eigenvalue weighted by molar-refractivity contribution is 7.40. The Morgan fingerprint density at radius 3 is 0.579 bits per heavy atom. The van der Waals surface area contributed by atoms with E-state index in [0.29, 0.717) is 0 Å². The van der Waals surface area contributed by atoms with Gasteiger partial charge in [-0.15, -0.1) is 0 Å². The van der Waals surface area contributed by atoms with Crippen LogP contribution in [0.25, 0.3) is 0 Å². The van der Waals surface area contributed by atoms with Crippen LogP contribution in [0.3, 0.4) is 0 Å². The van der Waals surface area contributed by atoms with E-state index in [1.54, 1.807) is 0 Å². The molecule has 8 heteroatoms. The molecule has 38 heavy (non-hydrogen) atoms. The fourth-order valence-corrected chi connectivity index (χ4v) is 3.85. The molecule has 236 valence electrons. The van der Waals surface area contributed by atoms with Gasteiger partial charge in [0.25, 0.3) is 0 Å². The van der Waals surface area contributed by atoms with Crippen molar-refractivity contribution in [2.75, 3.05) is 81.6 Å². The van der Waals surface area contributed by atoms with E-state index in [0.717, 1.165) is 0 Å². The summed E-state index contributed by atoms with van der Waals surface area (Å²) in [6.45, 7) is 21.6. The Kier molecular flexibility index (Phi) is 32.2. The summed E-state index contributed by atoms with van der Waals surface area (Å²) >= 11 is 0. The first-order valence-electron chi connectivity index (χ1n) is 15.6. The highest BCUT2D eigenvalue weighted by Gasteiger charge is 2.13. The summed E-state index contributed by atoms with van der Waals surface area (Å²) in [6.07, 6.45) is 16.2. The zero-order valence-electron chi connectivity index (χ0n) is 28.1. The molecule has 0 aliphatic heterocycles. The van der Waals surface area contributed by atoms with Gasteiger partial charge < -0.3 is 32.7 Å². The molecule has 0 fully saturated rings. The van der Waals surface area contributed by atoms with Gasteiger partial charge in [-0.3, -0.25) is 0 Å². The van der Waals surface area contributed by atoms with Crippen molar-refractivity contribution >= 4 is 7.82 Å². The van der Waals surface area contributed by atoms with E-state index < -0.39 is 7.82 Å². The SMILES string of the molecule is CCCC[N+](C)(C)CCCC.CCCC[N+](C)(C)CCCC.CCCC[N+](C)(C)CCCC.O=P([O-])([O-])[O-]. The van der Waals surface area contributed by atoms with Gasteiger partial charge in [0.2, 0.25) is 0 Å². The summed E-state index contributed by atoms with van der Waals surface area (Å²) in [6, 6.07) is 0. The van der Waals surface area contributed by atoms with Crippen molar-refractivity contribution in [3.8, 4) is 0 Å². The molecule has 0 aliphatic rings. The van der Waals surface area contributed by atoms with E-state index in [1.807, 2.05) is 0 Å². The van der Waals surface area contributed by atoms with Crippen molar-refractivity contribution in [1.82, 2.24) is 0 Å². The number of hydrogen-bond donors (Lipinski definition) is 0. The van der Waals surface area contributed by atoms with Crippen LogP contribution < -0.4 is 14.7 Å². The maximum absolute atomic E-state index is 8.55. The average Bonchev–Trinajstić information content (AvgIpc) is 2.81. The average molecular weight is 570 g/mol. The van der Waals surface area contributed by atoms with Gasteiger partial charge in [-0.25, -0.2) is 0 Å². The summed E-state index contributed by atoms with van der Waals surface area (Å²) in [7, 11) is 8.64. The van der Waals surface area contributed by atoms with E-state index in [4.69, 9.17) is 19.2 Å². The molecule has 0 radical (unpaired) electrons. The lowest BCUT2D eigenvalue weighted by Gasteiger charge is -2.36. The van der Waals surface area contributed by atoms with Crippen LogP contribution in [0.4, 0.5) is 0 Å². The number of unbranched alkanes of at least 4 members (excludes halogenated alkanes) is 6. The molecule has 0 saturated carbocycles. The van der Waals surface area contributed by atoms with Gasteiger partial charge in [-0.2, -0.15) is 7.82 Å². The van der Waals surface area contributed by atoms with Gasteiger partial charge in [-0.05, 0) is 38.5 Å². The Labute approximate surface area is 240 Å². The van der Waals surface area contributed by atoms with Crippen molar-refractivity contribution in [3.63, 3.8) is 0 Å². The lowest BCUT2D eigenvalue weighted by atomic mass is 10.2. The first-order chi connectivity index (χ1) is 17.4. The summed E-state index contributed by atoms with van der Waals surface area (Å²) in [5, 5.41) is 0. The first-order valence-corrected chi connectivity index (χ1v) is 17.0. The second kappa shape index (κ2) is 27.2. The van der Waals surface area contributed by atoms with E-state index >= 15 is 0 Å². The number of hydrogen-bond acceptors (Lipinski definition) is 4. The Hall–Kier alpha value is -0.0100. The molecule has 0 heterocycles. The molecular weight excluding hydrogens is 497 g/mol. The lowest BCUT2D eigenvalue weighted by molar-refractivity contribution is -0.890. The lowest BCUT2D eigenvalue weighted by Crippen LogP contribution is -2.41. The predicted octanol–water partition coefficient (Wildman–Crippen LogP) is 5.16. The molecule has 7 nitrogen and oxygen atoms in total. The van der Waals surface area contributed by atoms with Crippen molar-refractivity contribution in [2.24, 2.45) is 0 Å². The molecule has 0 unspecified atom stereocenters. The highest BCUT2D eigenvalue weighted by atomic mass is 31.2. The zero-order valence-corrected chi connectivity index (χ0v) is 29.0. The van der Waals surface area contributed by atoms with Gasteiger partial charge >= 0.3 is 0 Å². The predicted molar refractivity (Wildman–Crippen MR) is 163 cm³/mol. The molecular formula is C30H72N3O4P. The minimum atomic E-state index is -5.39. The third-order valence-electron chi connectivity index (χ3n) is 6.70. The maximum atomic E-state index is 8.55. The van der Waals surface area contributed by atoms with Crippen LogP contribution in [-0.2, 0) is 4.57 Å².